The van der Waals surface area contributed by atoms with Crippen molar-refractivity contribution < 1.29 is 9.47 Å². The largest absolute Gasteiger partial charge is 0.493 e. The number of aryl methyl sites for hydroxylation is 1. The molecule has 0 aliphatic carbocycles. The predicted octanol–water partition coefficient (Wildman–Crippen LogP) is 4.52. The molecule has 1 aromatic carbocycles. The van der Waals surface area contributed by atoms with E-state index >= 15 is 0 Å². The molecule has 0 saturated heterocycles. The van der Waals surface area contributed by atoms with E-state index in [0.717, 1.165) is 56.0 Å². The maximum atomic E-state index is 9.92. The van der Waals surface area contributed by atoms with Crippen LogP contribution in [0.1, 0.15) is 44.4 Å². The molecule has 5 nitrogen and oxygen atoms in total. The van der Waals surface area contributed by atoms with Crippen LogP contribution in [-0.2, 0) is 11.8 Å². The summed E-state index contributed by atoms with van der Waals surface area (Å²) < 4.78 is 10.6. The lowest BCUT2D eigenvalue weighted by Gasteiger charge is -2.30. The molecule has 0 aliphatic rings. The van der Waals surface area contributed by atoms with Gasteiger partial charge in [-0.3, -0.25) is 4.98 Å². The van der Waals surface area contributed by atoms with Crippen molar-refractivity contribution in [1.29, 1.82) is 5.26 Å². The molecule has 0 amide bonds. The van der Waals surface area contributed by atoms with E-state index in [0.29, 0.717) is 0 Å². The quantitative estimate of drug-likeness (QED) is 0.535. The van der Waals surface area contributed by atoms with Gasteiger partial charge in [-0.05, 0) is 74.5 Å². The van der Waals surface area contributed by atoms with Gasteiger partial charge in [0, 0.05) is 6.20 Å². The van der Waals surface area contributed by atoms with Crippen LogP contribution in [0.4, 0.5) is 0 Å². The lowest BCUT2D eigenvalue weighted by atomic mass is 9.72. The minimum absolute atomic E-state index is 0.215. The van der Waals surface area contributed by atoms with Gasteiger partial charge in [0.1, 0.15) is 5.41 Å². The van der Waals surface area contributed by atoms with E-state index < -0.39 is 5.41 Å². The number of nitrogens with zero attached hydrogens (tertiary/aromatic N) is 2. The van der Waals surface area contributed by atoms with Crippen molar-refractivity contribution in [3.63, 3.8) is 0 Å². The number of hydrogen-bond acceptors (Lipinski definition) is 5. The van der Waals surface area contributed by atoms with Crippen LogP contribution in [0.15, 0.2) is 42.6 Å². The maximum absolute atomic E-state index is 9.92. The summed E-state index contributed by atoms with van der Waals surface area (Å²) in [6, 6.07) is 14.5. The second kappa shape index (κ2) is 11.4. The molecule has 1 atom stereocenters. The van der Waals surface area contributed by atoms with Crippen LogP contribution in [0.3, 0.4) is 0 Å². The summed E-state index contributed by atoms with van der Waals surface area (Å²) in [5.41, 5.74) is 1.59. The summed E-state index contributed by atoms with van der Waals surface area (Å²) in [5.74, 6) is 1.75. The van der Waals surface area contributed by atoms with E-state index in [9.17, 15) is 5.26 Å². The molecule has 5 heteroatoms. The third kappa shape index (κ3) is 5.95. The molecule has 0 aliphatic heterocycles. The van der Waals surface area contributed by atoms with Gasteiger partial charge in [-0.1, -0.05) is 26.0 Å². The average molecular weight is 396 g/mol. The van der Waals surface area contributed by atoms with Crippen LogP contribution < -0.4 is 14.8 Å². The number of nitrogens with one attached hydrogen (secondary N) is 1. The molecular weight excluding hydrogens is 362 g/mol. The molecule has 2 rings (SSSR count). The third-order valence-electron chi connectivity index (χ3n) is 5.50. The van der Waals surface area contributed by atoms with E-state index in [1.165, 1.54) is 5.56 Å². The van der Waals surface area contributed by atoms with E-state index in [2.05, 4.69) is 36.3 Å². The highest BCUT2D eigenvalue weighted by Gasteiger charge is 2.36. The topological polar surface area (TPSA) is 67.2 Å². The first-order valence-corrected chi connectivity index (χ1v) is 10.3. The van der Waals surface area contributed by atoms with Gasteiger partial charge in [0.25, 0.3) is 0 Å². The Morgan fingerprint density at radius 3 is 2.45 bits per heavy atom. The Morgan fingerprint density at radius 2 is 1.83 bits per heavy atom. The molecule has 29 heavy (non-hydrogen) atoms. The van der Waals surface area contributed by atoms with Gasteiger partial charge in [0.2, 0.25) is 0 Å². The average Bonchev–Trinajstić information content (AvgIpc) is 2.76. The lowest BCUT2D eigenvalue weighted by molar-refractivity contribution is 0.348. The minimum atomic E-state index is -0.525. The number of ether oxygens (including phenoxy) is 2. The van der Waals surface area contributed by atoms with E-state index in [1.807, 2.05) is 30.3 Å². The summed E-state index contributed by atoms with van der Waals surface area (Å²) in [6.45, 7) is 6.05. The number of hydrogen-bond donors (Lipinski definition) is 1. The van der Waals surface area contributed by atoms with E-state index in [-0.39, 0.29) is 5.92 Å². The van der Waals surface area contributed by atoms with Crippen molar-refractivity contribution in [3.05, 3.63) is 53.9 Å². The van der Waals surface area contributed by atoms with Crippen LogP contribution in [0.5, 0.6) is 11.5 Å². The first kappa shape index (κ1) is 22.7. The fourth-order valence-electron chi connectivity index (χ4n) is 3.65. The van der Waals surface area contributed by atoms with Gasteiger partial charge in [-0.25, -0.2) is 0 Å². The number of aromatic nitrogens is 1. The van der Waals surface area contributed by atoms with Crippen LogP contribution in [0, 0.1) is 17.2 Å². The molecule has 0 fully saturated rings. The Hall–Kier alpha value is -2.58. The summed E-state index contributed by atoms with van der Waals surface area (Å²) in [5, 5.41) is 13.4. The minimum Gasteiger partial charge on any atom is -0.493 e. The summed E-state index contributed by atoms with van der Waals surface area (Å²) in [4.78, 5) is 4.47. The number of benzene rings is 1. The van der Waals surface area contributed by atoms with E-state index in [4.69, 9.17) is 9.47 Å². The highest BCUT2D eigenvalue weighted by molar-refractivity contribution is 5.42. The van der Waals surface area contributed by atoms with Gasteiger partial charge in [-0.2, -0.15) is 5.26 Å². The zero-order chi connectivity index (χ0) is 21.1. The SMILES string of the molecule is COc1ccc(CCCNCCCC(C#N)(c2ccccn2)C(C)C)cc1OC. The summed E-state index contributed by atoms with van der Waals surface area (Å²) in [7, 11) is 3.31. The highest BCUT2D eigenvalue weighted by atomic mass is 16.5. The Balaban J connectivity index is 1.77. The molecule has 1 N–H and O–H groups in total. The normalized spacial score (nSPS) is 13.0. The molecular formula is C24H33N3O2. The third-order valence-corrected chi connectivity index (χ3v) is 5.50. The van der Waals surface area contributed by atoms with Crippen molar-refractivity contribution in [1.82, 2.24) is 10.3 Å². The fourth-order valence-corrected chi connectivity index (χ4v) is 3.65. The molecule has 0 spiro atoms. The smallest absolute Gasteiger partial charge is 0.160 e. The second-order valence-electron chi connectivity index (χ2n) is 7.60. The molecule has 1 heterocycles. The molecule has 0 radical (unpaired) electrons. The number of nitriles is 1. The van der Waals surface area contributed by atoms with Gasteiger partial charge in [0.15, 0.2) is 11.5 Å². The van der Waals surface area contributed by atoms with Crippen molar-refractivity contribution in [2.75, 3.05) is 27.3 Å². The molecule has 0 bridgehead atoms. The molecule has 1 unspecified atom stereocenters. The van der Waals surface area contributed by atoms with E-state index in [1.54, 1.807) is 20.4 Å². The predicted molar refractivity (Wildman–Crippen MR) is 116 cm³/mol. The van der Waals surface area contributed by atoms with Crippen molar-refractivity contribution in [3.8, 4) is 17.6 Å². The van der Waals surface area contributed by atoms with Crippen LogP contribution in [0.25, 0.3) is 0 Å². The first-order valence-electron chi connectivity index (χ1n) is 10.3. The van der Waals surface area contributed by atoms with Crippen LogP contribution in [-0.4, -0.2) is 32.3 Å². The standard InChI is InChI=1S/C24H33N3O2/c1-19(2)24(18-25,23-10-5-6-16-27-23)13-8-15-26-14-7-9-20-11-12-21(28-3)22(17-20)29-4/h5-6,10-12,16-17,19,26H,7-9,13-15H2,1-4H3. The molecule has 2 aromatic rings. The van der Waals surface area contributed by atoms with Crippen molar-refractivity contribution in [2.24, 2.45) is 5.92 Å². The number of pyridine rings is 1. The Labute approximate surface area is 175 Å². The summed E-state index contributed by atoms with van der Waals surface area (Å²) in [6.07, 6.45) is 5.55. The fraction of sp³-hybridized carbons (Fsp3) is 0.500. The van der Waals surface area contributed by atoms with Crippen molar-refractivity contribution in [2.45, 2.75) is 44.9 Å². The number of methoxy groups -OCH3 is 2. The zero-order valence-electron chi connectivity index (χ0n) is 18.1. The highest BCUT2D eigenvalue weighted by Crippen LogP contribution is 2.35. The summed E-state index contributed by atoms with van der Waals surface area (Å²) >= 11 is 0. The number of rotatable bonds is 12. The van der Waals surface area contributed by atoms with Gasteiger partial charge < -0.3 is 14.8 Å². The Bertz CT molecular complexity index is 786. The van der Waals surface area contributed by atoms with Gasteiger partial charge >= 0.3 is 0 Å². The van der Waals surface area contributed by atoms with Crippen LogP contribution >= 0.6 is 0 Å². The van der Waals surface area contributed by atoms with Gasteiger partial charge in [0.05, 0.1) is 26.0 Å². The Kier molecular flexibility index (Phi) is 8.95. The molecule has 1 aromatic heterocycles. The monoisotopic (exact) mass is 395 g/mol. The first-order chi connectivity index (χ1) is 14.1. The van der Waals surface area contributed by atoms with Crippen molar-refractivity contribution >= 4 is 0 Å². The zero-order valence-corrected chi connectivity index (χ0v) is 18.1. The van der Waals surface area contributed by atoms with Crippen LogP contribution in [0.2, 0.25) is 0 Å². The second-order valence-corrected chi connectivity index (χ2v) is 7.60. The maximum Gasteiger partial charge on any atom is 0.160 e. The lowest BCUT2D eigenvalue weighted by Crippen LogP contribution is -2.33. The molecule has 156 valence electrons. The Morgan fingerprint density at radius 1 is 1.07 bits per heavy atom. The molecule has 0 saturated carbocycles. The van der Waals surface area contributed by atoms with Gasteiger partial charge in [-0.15, -0.1) is 0 Å².